The second-order valence-electron chi connectivity index (χ2n) is 7.41. The fourth-order valence-corrected chi connectivity index (χ4v) is 3.87. The number of carbonyl (C=O) groups is 1. The molecule has 0 spiro atoms. The molecular formula is C24H25BrN4O2. The Morgan fingerprint density at radius 3 is 2.26 bits per heavy atom. The zero-order valence-corrected chi connectivity index (χ0v) is 19.1. The monoisotopic (exact) mass is 480 g/mol. The van der Waals surface area contributed by atoms with E-state index in [-0.39, 0.29) is 5.91 Å². The Bertz CT molecular complexity index is 999. The van der Waals surface area contributed by atoms with Crippen molar-refractivity contribution in [2.24, 2.45) is 0 Å². The molecule has 0 N–H and O–H groups in total. The van der Waals surface area contributed by atoms with Crippen molar-refractivity contribution >= 4 is 27.7 Å². The second kappa shape index (κ2) is 9.92. The summed E-state index contributed by atoms with van der Waals surface area (Å²) < 4.78 is 6.51. The summed E-state index contributed by atoms with van der Waals surface area (Å²) in [7, 11) is 0. The van der Waals surface area contributed by atoms with Crippen molar-refractivity contribution in [1.82, 2.24) is 15.1 Å². The third-order valence-corrected chi connectivity index (χ3v) is 5.87. The van der Waals surface area contributed by atoms with E-state index in [0.717, 1.165) is 46.0 Å². The molecule has 160 valence electrons. The fraction of sp³-hybridized carbons (Fsp3) is 0.292. The number of aromatic nitrogens is 2. The number of rotatable bonds is 6. The van der Waals surface area contributed by atoms with E-state index >= 15 is 0 Å². The lowest BCUT2D eigenvalue weighted by Crippen LogP contribution is -2.49. The van der Waals surface area contributed by atoms with Crippen LogP contribution in [0.3, 0.4) is 0 Å². The zero-order valence-electron chi connectivity index (χ0n) is 17.5. The SMILES string of the molecule is CCOc1ccc(-c2ccc(N3CCN(C(=O)Cc4ccc(Br)cc4)CC3)nn2)cc1. The minimum Gasteiger partial charge on any atom is -0.494 e. The number of piperazine rings is 1. The molecule has 1 aliphatic rings. The highest BCUT2D eigenvalue weighted by Gasteiger charge is 2.22. The van der Waals surface area contributed by atoms with Gasteiger partial charge in [0.05, 0.1) is 18.7 Å². The lowest BCUT2D eigenvalue weighted by atomic mass is 10.1. The number of hydrogen-bond acceptors (Lipinski definition) is 5. The Morgan fingerprint density at radius 2 is 1.65 bits per heavy atom. The second-order valence-corrected chi connectivity index (χ2v) is 8.32. The van der Waals surface area contributed by atoms with Gasteiger partial charge in [-0.3, -0.25) is 4.79 Å². The van der Waals surface area contributed by atoms with Crippen molar-refractivity contribution in [2.75, 3.05) is 37.7 Å². The molecule has 0 aliphatic carbocycles. The van der Waals surface area contributed by atoms with Crippen molar-refractivity contribution in [1.29, 1.82) is 0 Å². The van der Waals surface area contributed by atoms with Gasteiger partial charge >= 0.3 is 0 Å². The number of ether oxygens (including phenoxy) is 1. The van der Waals surface area contributed by atoms with Gasteiger partial charge in [0.2, 0.25) is 5.91 Å². The molecule has 1 amide bonds. The summed E-state index contributed by atoms with van der Waals surface area (Å²) >= 11 is 3.43. The van der Waals surface area contributed by atoms with Gasteiger partial charge in [-0.15, -0.1) is 10.2 Å². The predicted octanol–water partition coefficient (Wildman–Crippen LogP) is 4.20. The van der Waals surface area contributed by atoms with E-state index in [1.54, 1.807) is 0 Å². The number of benzene rings is 2. The van der Waals surface area contributed by atoms with E-state index in [1.807, 2.05) is 72.5 Å². The van der Waals surface area contributed by atoms with Crippen LogP contribution in [0.25, 0.3) is 11.3 Å². The van der Waals surface area contributed by atoms with E-state index in [1.165, 1.54) is 0 Å². The van der Waals surface area contributed by atoms with Gasteiger partial charge in [-0.25, -0.2) is 0 Å². The van der Waals surface area contributed by atoms with Gasteiger partial charge in [0.15, 0.2) is 5.82 Å². The van der Waals surface area contributed by atoms with Crippen molar-refractivity contribution in [2.45, 2.75) is 13.3 Å². The largest absolute Gasteiger partial charge is 0.494 e. The Kier molecular flexibility index (Phi) is 6.82. The van der Waals surface area contributed by atoms with E-state index in [2.05, 4.69) is 31.0 Å². The number of nitrogens with zero attached hydrogens (tertiary/aromatic N) is 4. The van der Waals surface area contributed by atoms with Gasteiger partial charge in [-0.05, 0) is 61.0 Å². The van der Waals surface area contributed by atoms with Gasteiger partial charge in [-0.1, -0.05) is 28.1 Å². The fourth-order valence-electron chi connectivity index (χ4n) is 3.61. The van der Waals surface area contributed by atoms with E-state index in [0.29, 0.717) is 26.1 Å². The van der Waals surface area contributed by atoms with Crippen molar-refractivity contribution < 1.29 is 9.53 Å². The summed E-state index contributed by atoms with van der Waals surface area (Å²) in [4.78, 5) is 16.7. The lowest BCUT2D eigenvalue weighted by Gasteiger charge is -2.35. The molecule has 0 saturated carbocycles. The highest BCUT2D eigenvalue weighted by atomic mass is 79.9. The molecule has 1 saturated heterocycles. The summed E-state index contributed by atoms with van der Waals surface area (Å²) in [6, 6.07) is 19.8. The molecule has 0 unspecified atom stereocenters. The van der Waals surface area contributed by atoms with Crippen LogP contribution in [-0.4, -0.2) is 53.8 Å². The first-order valence-corrected chi connectivity index (χ1v) is 11.3. The Labute approximate surface area is 191 Å². The highest BCUT2D eigenvalue weighted by molar-refractivity contribution is 9.10. The molecule has 4 rings (SSSR count). The van der Waals surface area contributed by atoms with Crippen LogP contribution in [0.2, 0.25) is 0 Å². The van der Waals surface area contributed by atoms with E-state index < -0.39 is 0 Å². The van der Waals surface area contributed by atoms with Gasteiger partial charge in [0.25, 0.3) is 0 Å². The quantitative estimate of drug-likeness (QED) is 0.529. The van der Waals surface area contributed by atoms with Crippen LogP contribution in [0.4, 0.5) is 5.82 Å². The van der Waals surface area contributed by atoms with Gasteiger partial charge in [0, 0.05) is 36.2 Å². The Morgan fingerprint density at radius 1 is 0.935 bits per heavy atom. The molecule has 1 fully saturated rings. The minimum absolute atomic E-state index is 0.166. The molecule has 0 atom stereocenters. The summed E-state index contributed by atoms with van der Waals surface area (Å²) in [6.45, 7) is 5.51. The van der Waals surface area contributed by atoms with Crippen molar-refractivity contribution in [3.63, 3.8) is 0 Å². The molecule has 7 heteroatoms. The lowest BCUT2D eigenvalue weighted by molar-refractivity contribution is -0.130. The average molecular weight is 481 g/mol. The number of amides is 1. The maximum Gasteiger partial charge on any atom is 0.227 e. The third-order valence-electron chi connectivity index (χ3n) is 5.34. The van der Waals surface area contributed by atoms with Crippen LogP contribution in [0.1, 0.15) is 12.5 Å². The number of halogens is 1. The van der Waals surface area contributed by atoms with Crippen LogP contribution in [0.5, 0.6) is 5.75 Å². The first kappa shape index (κ1) is 21.3. The van der Waals surface area contributed by atoms with Crippen LogP contribution < -0.4 is 9.64 Å². The molecular weight excluding hydrogens is 456 g/mol. The van der Waals surface area contributed by atoms with Crippen LogP contribution in [0, 0.1) is 0 Å². The van der Waals surface area contributed by atoms with Gasteiger partial charge in [-0.2, -0.15) is 0 Å². The van der Waals surface area contributed by atoms with E-state index in [4.69, 9.17) is 4.74 Å². The molecule has 31 heavy (non-hydrogen) atoms. The van der Waals surface area contributed by atoms with E-state index in [9.17, 15) is 4.79 Å². The number of hydrogen-bond donors (Lipinski definition) is 0. The summed E-state index contributed by atoms with van der Waals surface area (Å²) in [5.41, 5.74) is 2.87. The molecule has 6 nitrogen and oxygen atoms in total. The first-order chi connectivity index (χ1) is 15.1. The minimum atomic E-state index is 0.166. The summed E-state index contributed by atoms with van der Waals surface area (Å²) in [5.74, 6) is 1.86. The number of carbonyl (C=O) groups excluding carboxylic acids is 1. The molecule has 3 aromatic rings. The van der Waals surface area contributed by atoms with Crippen molar-refractivity contribution in [3.05, 3.63) is 70.7 Å². The Hall–Kier alpha value is -2.93. The standard InChI is InChI=1S/C24H25BrN4O2/c1-2-31-21-9-5-19(6-10-21)22-11-12-23(27-26-22)28-13-15-29(16-14-28)24(30)17-18-3-7-20(25)8-4-18/h3-12H,2,13-17H2,1H3. The molecule has 2 aromatic carbocycles. The third kappa shape index (κ3) is 5.41. The molecule has 1 aliphatic heterocycles. The number of anilines is 1. The predicted molar refractivity (Wildman–Crippen MR) is 125 cm³/mol. The summed E-state index contributed by atoms with van der Waals surface area (Å²) in [6.07, 6.45) is 0.434. The Balaban J connectivity index is 1.32. The zero-order chi connectivity index (χ0) is 21.6. The maximum absolute atomic E-state index is 12.6. The molecule has 0 bridgehead atoms. The smallest absolute Gasteiger partial charge is 0.227 e. The molecule has 2 heterocycles. The van der Waals surface area contributed by atoms with Crippen LogP contribution in [-0.2, 0) is 11.2 Å². The van der Waals surface area contributed by atoms with Crippen molar-refractivity contribution in [3.8, 4) is 17.0 Å². The van der Waals surface area contributed by atoms with Crippen LogP contribution >= 0.6 is 15.9 Å². The first-order valence-electron chi connectivity index (χ1n) is 10.5. The molecule has 0 radical (unpaired) electrons. The van der Waals surface area contributed by atoms with Gasteiger partial charge in [0.1, 0.15) is 5.75 Å². The average Bonchev–Trinajstić information content (AvgIpc) is 2.81. The van der Waals surface area contributed by atoms with Crippen LogP contribution in [0.15, 0.2) is 65.1 Å². The summed E-state index contributed by atoms with van der Waals surface area (Å²) in [5, 5.41) is 8.82. The normalized spacial score (nSPS) is 13.9. The topological polar surface area (TPSA) is 58.6 Å². The maximum atomic E-state index is 12.6. The molecule has 1 aromatic heterocycles. The highest BCUT2D eigenvalue weighted by Crippen LogP contribution is 2.22. The van der Waals surface area contributed by atoms with Gasteiger partial charge < -0.3 is 14.5 Å².